The molecule has 0 bridgehead atoms. The van der Waals surface area contributed by atoms with E-state index in [1.807, 2.05) is 6.26 Å². The first kappa shape index (κ1) is 18.6. The first-order valence-electron chi connectivity index (χ1n) is 6.82. The molecule has 130 valence electrons. The Labute approximate surface area is 149 Å². The second-order valence-electron chi connectivity index (χ2n) is 4.91. The van der Waals surface area contributed by atoms with Gasteiger partial charge in [-0.15, -0.1) is 11.8 Å². The van der Waals surface area contributed by atoms with Crippen LogP contribution in [-0.4, -0.2) is 44.6 Å². The van der Waals surface area contributed by atoms with E-state index in [0.717, 1.165) is 6.26 Å². The standard InChI is InChI=1S/C14H17ClN4O3S2/c1-16-13(20)10-11(15)18-14(23-2)19-12(10)17-8-5-4-6-9(7-8)24(3,21)22/h4-7,14,17,19H,1-3H3,(H,16,20). The van der Waals surface area contributed by atoms with Crippen molar-refractivity contribution < 1.29 is 13.2 Å². The van der Waals surface area contributed by atoms with Crippen molar-refractivity contribution >= 4 is 50.0 Å². The molecule has 7 nitrogen and oxygen atoms in total. The highest BCUT2D eigenvalue weighted by Gasteiger charge is 2.26. The van der Waals surface area contributed by atoms with Crippen LogP contribution >= 0.6 is 23.4 Å². The first-order valence-corrected chi connectivity index (χ1v) is 10.4. The van der Waals surface area contributed by atoms with Gasteiger partial charge in [-0.25, -0.2) is 13.4 Å². The molecule has 1 aromatic rings. The van der Waals surface area contributed by atoms with Crippen LogP contribution in [0, 0.1) is 0 Å². The number of carbonyl (C=O) groups excluding carboxylic acids is 1. The minimum absolute atomic E-state index is 0.0780. The summed E-state index contributed by atoms with van der Waals surface area (Å²) in [5, 5.41) is 8.66. The molecule has 0 saturated carbocycles. The molecule has 1 heterocycles. The van der Waals surface area contributed by atoms with Gasteiger partial charge < -0.3 is 16.0 Å². The number of sulfone groups is 1. The van der Waals surface area contributed by atoms with Gasteiger partial charge in [0.2, 0.25) is 0 Å². The van der Waals surface area contributed by atoms with E-state index in [9.17, 15) is 13.2 Å². The summed E-state index contributed by atoms with van der Waals surface area (Å²) in [5.74, 6) is -0.0445. The fourth-order valence-electron chi connectivity index (χ4n) is 1.99. The number of hydrogen-bond donors (Lipinski definition) is 3. The molecule has 0 aromatic heterocycles. The third-order valence-electron chi connectivity index (χ3n) is 3.16. The molecule has 0 spiro atoms. The molecule has 0 fully saturated rings. The van der Waals surface area contributed by atoms with E-state index in [-0.39, 0.29) is 21.1 Å². The molecule has 10 heteroatoms. The van der Waals surface area contributed by atoms with Gasteiger partial charge in [0, 0.05) is 19.0 Å². The molecule has 1 unspecified atom stereocenters. The van der Waals surface area contributed by atoms with Crippen molar-refractivity contribution in [1.29, 1.82) is 0 Å². The van der Waals surface area contributed by atoms with Crippen LogP contribution in [0.2, 0.25) is 0 Å². The molecule has 1 aromatic carbocycles. The van der Waals surface area contributed by atoms with E-state index >= 15 is 0 Å². The lowest BCUT2D eigenvalue weighted by Gasteiger charge is -2.25. The predicted octanol–water partition coefficient (Wildman–Crippen LogP) is 1.35. The van der Waals surface area contributed by atoms with Crippen LogP contribution in [0.15, 0.2) is 45.5 Å². The van der Waals surface area contributed by atoms with Gasteiger partial charge >= 0.3 is 0 Å². The number of thioether (sulfide) groups is 1. The minimum Gasteiger partial charge on any atom is -0.355 e. The van der Waals surface area contributed by atoms with Crippen molar-refractivity contribution in [3.8, 4) is 0 Å². The number of nitrogens with zero attached hydrogens (tertiary/aromatic N) is 1. The molecule has 1 aliphatic heterocycles. The van der Waals surface area contributed by atoms with E-state index in [0.29, 0.717) is 11.5 Å². The minimum atomic E-state index is -3.34. The first-order chi connectivity index (χ1) is 11.3. The fraction of sp³-hybridized carbons (Fsp3) is 0.286. The Balaban J connectivity index is 2.44. The summed E-state index contributed by atoms with van der Waals surface area (Å²) < 4.78 is 23.4. The number of halogens is 1. The largest absolute Gasteiger partial charge is 0.355 e. The Hall–Kier alpha value is -1.71. The SMILES string of the molecule is CNC(=O)C1=C(Nc2cccc(S(C)(=O)=O)c2)NC(SC)N=C1Cl. The molecule has 0 saturated heterocycles. The third-order valence-corrected chi connectivity index (χ3v) is 5.23. The maximum Gasteiger partial charge on any atom is 0.257 e. The zero-order valence-electron chi connectivity index (χ0n) is 13.3. The smallest absolute Gasteiger partial charge is 0.257 e. The van der Waals surface area contributed by atoms with Gasteiger partial charge in [-0.3, -0.25) is 4.79 Å². The molecule has 3 N–H and O–H groups in total. The Morgan fingerprint density at radius 3 is 2.71 bits per heavy atom. The highest BCUT2D eigenvalue weighted by molar-refractivity contribution is 7.99. The van der Waals surface area contributed by atoms with Crippen LogP contribution in [0.4, 0.5) is 5.69 Å². The lowest BCUT2D eigenvalue weighted by molar-refractivity contribution is -0.116. The quantitative estimate of drug-likeness (QED) is 0.704. The Bertz CT molecular complexity index is 821. The topological polar surface area (TPSA) is 99.7 Å². The number of amides is 1. The highest BCUT2D eigenvalue weighted by atomic mass is 35.5. The van der Waals surface area contributed by atoms with Gasteiger partial charge in [-0.05, 0) is 24.5 Å². The Morgan fingerprint density at radius 1 is 1.42 bits per heavy atom. The maximum absolute atomic E-state index is 12.1. The van der Waals surface area contributed by atoms with Crippen LogP contribution in [0.3, 0.4) is 0 Å². The van der Waals surface area contributed by atoms with Crippen molar-refractivity contribution in [1.82, 2.24) is 10.6 Å². The summed E-state index contributed by atoms with van der Waals surface area (Å²) in [6.45, 7) is 0. The number of benzene rings is 1. The summed E-state index contributed by atoms with van der Waals surface area (Å²) in [5.41, 5.74) is 0.314. The van der Waals surface area contributed by atoms with Gasteiger partial charge in [0.1, 0.15) is 16.6 Å². The summed E-state index contributed by atoms with van der Waals surface area (Å²) in [6.07, 6.45) is 2.98. The maximum atomic E-state index is 12.1. The summed E-state index contributed by atoms with van der Waals surface area (Å²) in [7, 11) is -1.85. The van der Waals surface area contributed by atoms with Crippen molar-refractivity contribution in [2.45, 2.75) is 10.4 Å². The van der Waals surface area contributed by atoms with E-state index in [1.54, 1.807) is 12.1 Å². The molecule has 1 aliphatic rings. The zero-order chi connectivity index (χ0) is 17.9. The van der Waals surface area contributed by atoms with Gasteiger partial charge in [0.25, 0.3) is 5.91 Å². The lowest BCUT2D eigenvalue weighted by atomic mass is 10.2. The summed E-state index contributed by atoms with van der Waals surface area (Å²) in [4.78, 5) is 16.4. The molecular weight excluding hydrogens is 372 g/mol. The number of hydrogen-bond acceptors (Lipinski definition) is 7. The normalized spacial score (nSPS) is 17.8. The van der Waals surface area contributed by atoms with Crippen molar-refractivity contribution in [2.24, 2.45) is 4.99 Å². The van der Waals surface area contributed by atoms with Crippen molar-refractivity contribution in [3.63, 3.8) is 0 Å². The number of nitrogens with one attached hydrogen (secondary N) is 3. The van der Waals surface area contributed by atoms with Crippen LogP contribution in [-0.2, 0) is 14.6 Å². The number of carbonyl (C=O) groups is 1. The molecule has 0 aliphatic carbocycles. The second-order valence-corrected chi connectivity index (χ2v) is 8.20. The monoisotopic (exact) mass is 388 g/mol. The average Bonchev–Trinajstić information content (AvgIpc) is 2.53. The highest BCUT2D eigenvalue weighted by Crippen LogP contribution is 2.23. The van der Waals surface area contributed by atoms with E-state index < -0.39 is 15.7 Å². The number of anilines is 1. The summed E-state index contributed by atoms with van der Waals surface area (Å²) in [6, 6.07) is 6.29. The molecule has 24 heavy (non-hydrogen) atoms. The molecule has 0 radical (unpaired) electrons. The van der Waals surface area contributed by atoms with Crippen molar-refractivity contribution in [2.75, 3.05) is 24.9 Å². The summed E-state index contributed by atoms with van der Waals surface area (Å²) >= 11 is 7.54. The van der Waals surface area contributed by atoms with Crippen LogP contribution < -0.4 is 16.0 Å². The van der Waals surface area contributed by atoms with Crippen LogP contribution in [0.5, 0.6) is 0 Å². The van der Waals surface area contributed by atoms with Gasteiger partial charge in [0.15, 0.2) is 15.3 Å². The van der Waals surface area contributed by atoms with E-state index in [2.05, 4.69) is 20.9 Å². The number of rotatable bonds is 5. The number of likely N-dealkylation sites (N-methyl/N-ethyl adjacent to an activating group) is 1. The molecular formula is C14H17ClN4O3S2. The van der Waals surface area contributed by atoms with Gasteiger partial charge in [-0.1, -0.05) is 17.7 Å². The molecule has 1 amide bonds. The number of aliphatic imine (C=N–C) groups is 1. The molecule has 2 rings (SSSR count). The molecule has 1 atom stereocenters. The average molecular weight is 389 g/mol. The van der Waals surface area contributed by atoms with E-state index in [1.165, 1.54) is 30.9 Å². The predicted molar refractivity (Wildman–Crippen MR) is 98.0 cm³/mol. The van der Waals surface area contributed by atoms with Gasteiger partial charge in [-0.2, -0.15) is 0 Å². The van der Waals surface area contributed by atoms with Crippen molar-refractivity contribution in [3.05, 3.63) is 35.7 Å². The lowest BCUT2D eigenvalue weighted by Crippen LogP contribution is -2.38. The zero-order valence-corrected chi connectivity index (χ0v) is 15.6. The third kappa shape index (κ3) is 4.22. The van der Waals surface area contributed by atoms with E-state index in [4.69, 9.17) is 11.6 Å². The Kier molecular flexibility index (Phi) is 5.79. The fourth-order valence-corrected chi connectivity index (χ4v) is 3.44. The Morgan fingerprint density at radius 2 is 2.12 bits per heavy atom. The van der Waals surface area contributed by atoms with Crippen LogP contribution in [0.1, 0.15) is 0 Å². The van der Waals surface area contributed by atoms with Crippen LogP contribution in [0.25, 0.3) is 0 Å². The van der Waals surface area contributed by atoms with Gasteiger partial charge in [0.05, 0.1) is 4.90 Å². The second kappa shape index (κ2) is 7.45.